The number of hydrogen-bond donors (Lipinski definition) is 0. The fourth-order valence-electron chi connectivity index (χ4n) is 6.74. The van der Waals surface area contributed by atoms with Gasteiger partial charge in [0.25, 0.3) is 0 Å². The van der Waals surface area contributed by atoms with E-state index in [-0.39, 0.29) is 16.5 Å². The van der Waals surface area contributed by atoms with E-state index in [9.17, 15) is 5.53 Å². The Labute approximate surface area is 340 Å². The summed E-state index contributed by atoms with van der Waals surface area (Å²) < 4.78 is 1.45. The van der Waals surface area contributed by atoms with Gasteiger partial charge >= 0.3 is 16.5 Å². The van der Waals surface area contributed by atoms with E-state index in [0.29, 0.717) is 0 Å². The minimum atomic E-state index is 0. The molecule has 0 spiro atoms. The molecule has 0 fully saturated rings. The van der Waals surface area contributed by atoms with Gasteiger partial charge in [0.1, 0.15) is 0 Å². The van der Waals surface area contributed by atoms with Crippen LogP contribution < -0.4 is 0 Å². The first kappa shape index (κ1) is 51.0. The van der Waals surface area contributed by atoms with Crippen LogP contribution in [-0.4, -0.2) is 4.70 Å². The molecule has 53 heavy (non-hydrogen) atoms. The predicted octanol–water partition coefficient (Wildman–Crippen LogP) is 17.1. The van der Waals surface area contributed by atoms with Crippen molar-refractivity contribution in [2.75, 3.05) is 0 Å². The van der Waals surface area contributed by atoms with E-state index < -0.39 is 0 Å². The van der Waals surface area contributed by atoms with Crippen LogP contribution in [-0.2, 0) is 29.3 Å². The maximum absolute atomic E-state index is 11.4. The number of nitrogens with zero attached hydrogens (tertiary/aromatic N) is 2. The fourth-order valence-corrected chi connectivity index (χ4v) is 6.74. The summed E-state index contributed by atoms with van der Waals surface area (Å²) in [5, 5.41) is 0. The smallest absolute Gasteiger partial charge is 0.493 e. The van der Waals surface area contributed by atoms with E-state index in [2.05, 4.69) is 103 Å². The van der Waals surface area contributed by atoms with Crippen LogP contribution in [0.5, 0.6) is 0 Å². The van der Waals surface area contributed by atoms with Gasteiger partial charge in [0.2, 0.25) is 11.4 Å². The third kappa shape index (κ3) is 23.5. The van der Waals surface area contributed by atoms with Crippen molar-refractivity contribution < 1.29 is 21.2 Å². The summed E-state index contributed by atoms with van der Waals surface area (Å²) in [6.07, 6.45) is 36.9. The van der Waals surface area contributed by atoms with E-state index >= 15 is 0 Å². The molecule has 1 aliphatic heterocycles. The normalized spacial score (nSPS) is 12.1. The Kier molecular flexibility index (Phi) is 34.4. The van der Waals surface area contributed by atoms with Crippen LogP contribution in [0, 0.1) is 13.8 Å². The van der Waals surface area contributed by atoms with Gasteiger partial charge in [-0.1, -0.05) is 181 Å². The van der Waals surface area contributed by atoms with Crippen molar-refractivity contribution in [3.05, 3.63) is 102 Å². The molecule has 0 bridgehead atoms. The third-order valence-corrected chi connectivity index (χ3v) is 10.2. The minimum absolute atomic E-state index is 0. The number of hydrogen-bond acceptors (Lipinski definition) is 0. The van der Waals surface area contributed by atoms with Gasteiger partial charge in [-0.05, 0) is 73.9 Å². The van der Waals surface area contributed by atoms with Gasteiger partial charge in [-0.3, -0.25) is 0 Å². The average Bonchev–Trinajstić information content (AvgIpc) is 3.50. The Morgan fingerprint density at radius 1 is 0.472 bits per heavy atom. The van der Waals surface area contributed by atoms with Gasteiger partial charge in [-0.2, -0.15) is 12.8 Å². The van der Waals surface area contributed by atoms with Gasteiger partial charge in [0.05, 0.1) is 0 Å². The first-order valence-corrected chi connectivity index (χ1v) is 22.2. The summed E-state index contributed by atoms with van der Waals surface area (Å²) in [5.74, 6) is 0. The molecule has 0 atom stereocenters. The first-order chi connectivity index (χ1) is 25.5. The SMILES string of the molecule is CCCCCCCCC1=C(c2cccc(CCCC)c2)[N+](=[N-])C(c2ccc(CCCC)cc2)=C1.[CH2-]CCCCCCCC.[CH2-]CCCCCCCC.[Ni+2]. The summed E-state index contributed by atoms with van der Waals surface area (Å²) in [4.78, 5) is 0. The van der Waals surface area contributed by atoms with Gasteiger partial charge < -0.3 is 19.4 Å². The summed E-state index contributed by atoms with van der Waals surface area (Å²) >= 11 is 0. The summed E-state index contributed by atoms with van der Waals surface area (Å²) in [5.41, 5.74) is 19.5. The molecule has 2 aromatic rings. The average molecular weight is 770 g/mol. The predicted molar refractivity (Wildman–Crippen MR) is 233 cm³/mol. The van der Waals surface area contributed by atoms with Crippen molar-refractivity contribution in [3.8, 4) is 0 Å². The second-order valence-corrected chi connectivity index (χ2v) is 15.1. The molecule has 0 saturated heterocycles. The van der Waals surface area contributed by atoms with Crippen molar-refractivity contribution in [2.24, 2.45) is 0 Å². The Balaban J connectivity index is 0.00000117. The number of unbranched alkanes of at least 4 members (excludes halogenated alkanes) is 19. The van der Waals surface area contributed by atoms with Crippen LogP contribution in [0.2, 0.25) is 0 Å². The molecule has 2 aromatic carbocycles. The van der Waals surface area contributed by atoms with Crippen molar-refractivity contribution in [1.29, 1.82) is 0 Å². The zero-order chi connectivity index (χ0) is 38.1. The van der Waals surface area contributed by atoms with Crippen molar-refractivity contribution in [2.45, 2.75) is 208 Å². The maximum Gasteiger partial charge on any atom is 2.00 e. The largest absolute Gasteiger partial charge is 2.00 e. The van der Waals surface area contributed by atoms with Crippen LogP contribution in [0.3, 0.4) is 0 Å². The van der Waals surface area contributed by atoms with Gasteiger partial charge in [0, 0.05) is 22.8 Å². The molecule has 0 N–H and O–H groups in total. The molecule has 1 heterocycles. The quantitative estimate of drug-likeness (QED) is 0.0374. The van der Waals surface area contributed by atoms with E-state index in [0.717, 1.165) is 54.6 Å². The topological polar surface area (TPSA) is 25.3 Å². The molecule has 3 rings (SSSR count). The summed E-state index contributed by atoms with van der Waals surface area (Å²) in [6, 6.07) is 17.6. The summed E-state index contributed by atoms with van der Waals surface area (Å²) in [7, 11) is 0. The number of benzene rings is 2. The van der Waals surface area contributed by atoms with Gasteiger partial charge in [-0.15, -0.1) is 0 Å². The standard InChI is InChI=1S/C32H44N2.2C9H19.Ni/c1-4-7-10-11-12-13-18-30-25-31(28-22-20-26(21-23-28)15-8-5-2)34(33)32(30)29-19-14-17-27(24-29)16-9-6-3;2*1-3-5-7-9-8-6-4-2;/h14,17,19-25H,4-13,15-16,18H2,1-3H3;2*1,3-9H2,2H3;/q;2*-1;+2. The van der Waals surface area contributed by atoms with E-state index in [1.807, 2.05) is 0 Å². The molecule has 0 radical (unpaired) electrons. The van der Waals surface area contributed by atoms with E-state index in [1.54, 1.807) is 0 Å². The maximum atomic E-state index is 11.4. The Morgan fingerprint density at radius 2 is 0.925 bits per heavy atom. The molecule has 0 unspecified atom stereocenters. The van der Waals surface area contributed by atoms with Crippen molar-refractivity contribution >= 4 is 11.4 Å². The molecule has 302 valence electrons. The zero-order valence-electron chi connectivity index (χ0n) is 35.4. The first-order valence-electron chi connectivity index (χ1n) is 22.2. The number of aryl methyl sites for hydroxylation is 2. The van der Waals surface area contributed by atoms with Crippen molar-refractivity contribution in [3.63, 3.8) is 0 Å². The molecule has 0 saturated carbocycles. The second kappa shape index (κ2) is 35.7. The van der Waals surface area contributed by atoms with Gasteiger partial charge in [0.15, 0.2) is 0 Å². The van der Waals surface area contributed by atoms with Crippen LogP contribution in [0.25, 0.3) is 16.9 Å². The van der Waals surface area contributed by atoms with Crippen molar-refractivity contribution in [1.82, 2.24) is 0 Å². The molecule has 2 nitrogen and oxygen atoms in total. The fraction of sp³-hybridized carbons (Fsp3) is 0.640. The van der Waals surface area contributed by atoms with E-state index in [1.165, 1.54) is 163 Å². The van der Waals surface area contributed by atoms with Gasteiger partial charge in [-0.25, -0.2) is 4.70 Å². The Hall–Kier alpha value is -1.99. The molecule has 3 heteroatoms. The second-order valence-electron chi connectivity index (χ2n) is 15.1. The monoisotopic (exact) mass is 769 g/mol. The molecule has 0 amide bonds. The molecular formula is C50H82N2Ni. The molecule has 0 aliphatic carbocycles. The molecular weight excluding hydrogens is 687 g/mol. The van der Waals surface area contributed by atoms with E-state index in [4.69, 9.17) is 0 Å². The van der Waals surface area contributed by atoms with Crippen LogP contribution in [0.15, 0.2) is 60.2 Å². The molecule has 0 aromatic heterocycles. The number of rotatable bonds is 27. The van der Waals surface area contributed by atoms with Crippen LogP contribution in [0.4, 0.5) is 0 Å². The Morgan fingerprint density at radius 3 is 1.42 bits per heavy atom. The number of allylic oxidation sites excluding steroid dienone is 2. The van der Waals surface area contributed by atoms with Crippen LogP contribution in [0.1, 0.15) is 217 Å². The zero-order valence-corrected chi connectivity index (χ0v) is 36.4. The van der Waals surface area contributed by atoms with Crippen LogP contribution >= 0.6 is 0 Å². The minimum Gasteiger partial charge on any atom is -0.493 e. The molecule has 1 aliphatic rings. The Bertz CT molecular complexity index is 1180. The third-order valence-electron chi connectivity index (χ3n) is 10.2. The summed E-state index contributed by atoms with van der Waals surface area (Å²) in [6.45, 7) is 18.8.